The van der Waals surface area contributed by atoms with Crippen molar-refractivity contribution in [3.05, 3.63) is 29.8 Å². The Labute approximate surface area is 124 Å². The first-order chi connectivity index (χ1) is 10.0. The van der Waals surface area contributed by atoms with Gasteiger partial charge in [-0.2, -0.15) is 0 Å². The zero-order valence-corrected chi connectivity index (χ0v) is 12.4. The van der Waals surface area contributed by atoms with E-state index in [1.807, 2.05) is 0 Å². The molecule has 116 valence electrons. The van der Waals surface area contributed by atoms with E-state index in [4.69, 9.17) is 15.2 Å². The van der Waals surface area contributed by atoms with Crippen LogP contribution in [0.1, 0.15) is 18.9 Å². The molecule has 6 heteroatoms. The van der Waals surface area contributed by atoms with Crippen LogP contribution in [0.4, 0.5) is 5.69 Å². The van der Waals surface area contributed by atoms with Gasteiger partial charge in [-0.05, 0) is 31.0 Å². The molecule has 0 aliphatic heterocycles. The summed E-state index contributed by atoms with van der Waals surface area (Å²) in [6.45, 7) is 2.62. The molecule has 0 spiro atoms. The van der Waals surface area contributed by atoms with Crippen molar-refractivity contribution in [2.75, 3.05) is 26.0 Å². The van der Waals surface area contributed by atoms with E-state index in [9.17, 15) is 9.59 Å². The minimum atomic E-state index is -0.811. The fourth-order valence-electron chi connectivity index (χ4n) is 1.67. The Morgan fingerprint density at radius 2 is 1.95 bits per heavy atom. The van der Waals surface area contributed by atoms with E-state index in [0.29, 0.717) is 25.3 Å². The molecule has 0 saturated carbocycles. The van der Waals surface area contributed by atoms with E-state index in [2.05, 4.69) is 5.32 Å². The molecule has 0 bridgehead atoms. The minimum absolute atomic E-state index is 0.113. The minimum Gasteiger partial charge on any atom is -0.452 e. The lowest BCUT2D eigenvalue weighted by Crippen LogP contribution is -2.36. The van der Waals surface area contributed by atoms with Crippen molar-refractivity contribution in [2.24, 2.45) is 0 Å². The van der Waals surface area contributed by atoms with Crippen LogP contribution in [0.5, 0.6) is 0 Å². The SMILES string of the molecule is COCCCNC(=O)C(C)OC(=O)Cc1ccc(N)cc1. The lowest BCUT2D eigenvalue weighted by atomic mass is 10.1. The molecular weight excluding hydrogens is 272 g/mol. The van der Waals surface area contributed by atoms with Crippen LogP contribution in [-0.4, -0.2) is 38.2 Å². The Kier molecular flexibility index (Phi) is 7.25. The van der Waals surface area contributed by atoms with Crippen LogP contribution < -0.4 is 11.1 Å². The summed E-state index contributed by atoms with van der Waals surface area (Å²) in [5.41, 5.74) is 7.00. The summed E-state index contributed by atoms with van der Waals surface area (Å²) in [5.74, 6) is -0.754. The third kappa shape index (κ3) is 6.76. The van der Waals surface area contributed by atoms with Crippen molar-refractivity contribution in [3.63, 3.8) is 0 Å². The lowest BCUT2D eigenvalue weighted by Gasteiger charge is -2.13. The van der Waals surface area contributed by atoms with Crippen molar-refractivity contribution in [1.82, 2.24) is 5.32 Å². The third-order valence-electron chi connectivity index (χ3n) is 2.83. The van der Waals surface area contributed by atoms with Crippen LogP contribution >= 0.6 is 0 Å². The van der Waals surface area contributed by atoms with E-state index in [0.717, 1.165) is 5.56 Å². The van der Waals surface area contributed by atoms with E-state index >= 15 is 0 Å². The van der Waals surface area contributed by atoms with Gasteiger partial charge in [-0.15, -0.1) is 0 Å². The molecule has 0 heterocycles. The molecule has 0 aliphatic carbocycles. The van der Waals surface area contributed by atoms with Gasteiger partial charge in [0.15, 0.2) is 6.10 Å². The predicted octanol–water partition coefficient (Wildman–Crippen LogP) is 0.896. The molecule has 1 unspecified atom stereocenters. The van der Waals surface area contributed by atoms with Gasteiger partial charge in [-0.3, -0.25) is 9.59 Å². The number of nitrogen functional groups attached to an aromatic ring is 1. The Hall–Kier alpha value is -2.08. The van der Waals surface area contributed by atoms with Crippen LogP contribution in [-0.2, 0) is 25.5 Å². The predicted molar refractivity (Wildman–Crippen MR) is 79.6 cm³/mol. The quantitative estimate of drug-likeness (QED) is 0.422. The zero-order chi connectivity index (χ0) is 15.7. The average Bonchev–Trinajstić information content (AvgIpc) is 2.45. The van der Waals surface area contributed by atoms with Gasteiger partial charge in [-0.25, -0.2) is 0 Å². The Balaban J connectivity index is 2.32. The molecule has 0 aliphatic rings. The highest BCUT2D eigenvalue weighted by atomic mass is 16.5. The summed E-state index contributed by atoms with van der Waals surface area (Å²) in [7, 11) is 1.60. The number of methoxy groups -OCH3 is 1. The summed E-state index contributed by atoms with van der Waals surface area (Å²) < 4.78 is 9.97. The maximum Gasteiger partial charge on any atom is 0.311 e. The van der Waals surface area contributed by atoms with Gasteiger partial charge in [0.05, 0.1) is 6.42 Å². The number of esters is 1. The number of rotatable bonds is 8. The summed E-state index contributed by atoms with van der Waals surface area (Å²) in [5, 5.41) is 2.68. The highest BCUT2D eigenvalue weighted by Crippen LogP contribution is 2.07. The number of nitrogens with two attached hydrogens (primary N) is 1. The summed E-state index contributed by atoms with van der Waals surface area (Å²) in [6.07, 6.45) is 0.0180. The molecule has 0 aromatic heterocycles. The maximum atomic E-state index is 11.7. The first-order valence-corrected chi connectivity index (χ1v) is 6.83. The smallest absolute Gasteiger partial charge is 0.311 e. The molecule has 1 amide bonds. The monoisotopic (exact) mass is 294 g/mol. The molecule has 0 saturated heterocycles. The van der Waals surface area contributed by atoms with Gasteiger partial charge in [0.2, 0.25) is 0 Å². The first-order valence-electron chi connectivity index (χ1n) is 6.83. The third-order valence-corrected chi connectivity index (χ3v) is 2.83. The topological polar surface area (TPSA) is 90.6 Å². The second-order valence-electron chi connectivity index (χ2n) is 4.69. The van der Waals surface area contributed by atoms with Crippen LogP contribution in [0.15, 0.2) is 24.3 Å². The number of hydrogen-bond donors (Lipinski definition) is 2. The molecule has 1 atom stereocenters. The maximum absolute atomic E-state index is 11.7. The largest absolute Gasteiger partial charge is 0.452 e. The summed E-state index contributed by atoms with van der Waals surface area (Å²) >= 11 is 0. The lowest BCUT2D eigenvalue weighted by molar-refractivity contribution is -0.154. The highest BCUT2D eigenvalue weighted by molar-refractivity contribution is 5.83. The molecule has 3 N–H and O–H groups in total. The first kappa shape index (κ1) is 17.0. The Morgan fingerprint density at radius 1 is 1.29 bits per heavy atom. The van der Waals surface area contributed by atoms with Crippen molar-refractivity contribution in [2.45, 2.75) is 25.9 Å². The standard InChI is InChI=1S/C15H22N2O4/c1-11(15(19)17-8-3-9-20-2)21-14(18)10-12-4-6-13(16)7-5-12/h4-7,11H,3,8-10,16H2,1-2H3,(H,17,19). The number of nitrogens with one attached hydrogen (secondary N) is 1. The Bertz CT molecular complexity index is 459. The number of benzene rings is 1. The van der Waals surface area contributed by atoms with Crippen LogP contribution in [0.2, 0.25) is 0 Å². The molecule has 1 rings (SSSR count). The zero-order valence-electron chi connectivity index (χ0n) is 12.4. The van der Waals surface area contributed by atoms with Gasteiger partial charge in [0, 0.05) is 25.9 Å². The van der Waals surface area contributed by atoms with Crippen LogP contribution in [0.3, 0.4) is 0 Å². The van der Waals surface area contributed by atoms with E-state index in [-0.39, 0.29) is 12.3 Å². The van der Waals surface area contributed by atoms with E-state index in [1.54, 1.807) is 38.3 Å². The highest BCUT2D eigenvalue weighted by Gasteiger charge is 2.17. The van der Waals surface area contributed by atoms with Gasteiger partial charge < -0.3 is 20.5 Å². The van der Waals surface area contributed by atoms with Crippen molar-refractivity contribution in [1.29, 1.82) is 0 Å². The van der Waals surface area contributed by atoms with E-state index < -0.39 is 12.1 Å². The van der Waals surface area contributed by atoms with Crippen LogP contribution in [0.25, 0.3) is 0 Å². The molecular formula is C15H22N2O4. The average molecular weight is 294 g/mol. The fourth-order valence-corrected chi connectivity index (χ4v) is 1.67. The number of carbonyl (C=O) groups excluding carboxylic acids is 2. The van der Waals surface area contributed by atoms with Gasteiger partial charge >= 0.3 is 5.97 Å². The van der Waals surface area contributed by atoms with Gasteiger partial charge in [0.25, 0.3) is 5.91 Å². The normalized spacial score (nSPS) is 11.7. The number of anilines is 1. The molecule has 1 aromatic carbocycles. The second kappa shape index (κ2) is 8.97. The summed E-state index contributed by atoms with van der Waals surface area (Å²) in [4.78, 5) is 23.4. The molecule has 0 radical (unpaired) electrons. The van der Waals surface area contributed by atoms with Gasteiger partial charge in [-0.1, -0.05) is 12.1 Å². The number of hydrogen-bond acceptors (Lipinski definition) is 5. The van der Waals surface area contributed by atoms with E-state index in [1.165, 1.54) is 0 Å². The molecule has 21 heavy (non-hydrogen) atoms. The van der Waals surface area contributed by atoms with Crippen molar-refractivity contribution >= 4 is 17.6 Å². The second-order valence-corrected chi connectivity index (χ2v) is 4.69. The molecule has 1 aromatic rings. The number of amides is 1. The van der Waals surface area contributed by atoms with Crippen LogP contribution in [0, 0.1) is 0 Å². The van der Waals surface area contributed by atoms with Gasteiger partial charge in [0.1, 0.15) is 0 Å². The Morgan fingerprint density at radius 3 is 2.57 bits per heavy atom. The summed E-state index contributed by atoms with van der Waals surface area (Å²) in [6, 6.07) is 6.95. The number of carbonyl (C=O) groups is 2. The fraction of sp³-hybridized carbons (Fsp3) is 0.467. The molecule has 0 fully saturated rings. The molecule has 6 nitrogen and oxygen atoms in total. The van der Waals surface area contributed by atoms with Crippen molar-refractivity contribution in [3.8, 4) is 0 Å². The van der Waals surface area contributed by atoms with Crippen molar-refractivity contribution < 1.29 is 19.1 Å². The number of ether oxygens (including phenoxy) is 2.